The minimum absolute atomic E-state index is 0.0248. The van der Waals surface area contributed by atoms with E-state index < -0.39 is 0 Å². The molecule has 0 N–H and O–H groups in total. The van der Waals surface area contributed by atoms with Crippen molar-refractivity contribution >= 4 is 5.97 Å². The van der Waals surface area contributed by atoms with E-state index in [-0.39, 0.29) is 24.9 Å². The Morgan fingerprint density at radius 3 is 2.56 bits per heavy atom. The summed E-state index contributed by atoms with van der Waals surface area (Å²) in [5.41, 5.74) is 1.44. The van der Waals surface area contributed by atoms with Gasteiger partial charge in [0.25, 0.3) is 5.89 Å². The van der Waals surface area contributed by atoms with E-state index in [4.69, 9.17) is 13.8 Å². The number of hydrogen-bond donors (Lipinski definition) is 0. The number of rotatable bonds is 4. The van der Waals surface area contributed by atoms with Crippen molar-refractivity contribution in [3.8, 4) is 0 Å². The third kappa shape index (κ3) is 2.73. The van der Waals surface area contributed by atoms with Crippen LogP contribution >= 0.6 is 0 Å². The van der Waals surface area contributed by atoms with Gasteiger partial charge in [-0.15, -0.1) is 0 Å². The smallest absolute Gasteiger partial charge is 0.310 e. The molecule has 7 heteroatoms. The Bertz CT molecular complexity index is 539. The van der Waals surface area contributed by atoms with Gasteiger partial charge < -0.3 is 13.8 Å². The maximum Gasteiger partial charge on any atom is 0.310 e. The first-order chi connectivity index (χ1) is 8.56. The second kappa shape index (κ2) is 4.99. The Morgan fingerprint density at radius 1 is 1.22 bits per heavy atom. The molecule has 0 fully saturated rings. The summed E-state index contributed by atoms with van der Waals surface area (Å²) in [5.74, 6) is 1.02. The first-order valence-electron chi connectivity index (χ1n) is 5.43. The van der Waals surface area contributed by atoms with E-state index in [9.17, 15) is 4.79 Å². The lowest BCUT2D eigenvalue weighted by Crippen LogP contribution is -2.09. The van der Waals surface area contributed by atoms with E-state index in [0.717, 1.165) is 5.56 Å². The van der Waals surface area contributed by atoms with Crippen LogP contribution in [0, 0.1) is 20.8 Å². The second-order valence-corrected chi connectivity index (χ2v) is 3.88. The summed E-state index contributed by atoms with van der Waals surface area (Å²) in [7, 11) is 0. The van der Waals surface area contributed by atoms with Crippen LogP contribution in [0.15, 0.2) is 9.05 Å². The Kier molecular flexibility index (Phi) is 3.40. The molecule has 7 nitrogen and oxygen atoms in total. The van der Waals surface area contributed by atoms with Crippen LogP contribution in [0.3, 0.4) is 0 Å². The summed E-state index contributed by atoms with van der Waals surface area (Å²) in [6.07, 6.45) is 0.119. The van der Waals surface area contributed by atoms with Gasteiger partial charge in [-0.05, 0) is 20.8 Å². The zero-order valence-electron chi connectivity index (χ0n) is 10.4. The van der Waals surface area contributed by atoms with E-state index in [2.05, 4.69) is 15.3 Å². The first-order valence-corrected chi connectivity index (χ1v) is 5.43. The van der Waals surface area contributed by atoms with Crippen LogP contribution in [-0.4, -0.2) is 21.3 Å². The van der Waals surface area contributed by atoms with Crippen LogP contribution in [0.5, 0.6) is 0 Å². The highest BCUT2D eigenvalue weighted by Gasteiger charge is 2.15. The number of nitrogens with zero attached hydrogens (tertiary/aromatic N) is 3. The molecule has 0 amide bonds. The van der Waals surface area contributed by atoms with Crippen molar-refractivity contribution < 1.29 is 18.6 Å². The molecule has 0 aliphatic carbocycles. The van der Waals surface area contributed by atoms with Crippen molar-refractivity contribution in [2.24, 2.45) is 0 Å². The van der Waals surface area contributed by atoms with Gasteiger partial charge in [-0.3, -0.25) is 4.79 Å². The third-order valence-electron chi connectivity index (χ3n) is 2.43. The average Bonchev–Trinajstić information content (AvgIpc) is 2.87. The number of ether oxygens (including phenoxy) is 1. The fraction of sp³-hybridized carbons (Fsp3) is 0.455. The van der Waals surface area contributed by atoms with Gasteiger partial charge in [0.1, 0.15) is 5.76 Å². The predicted octanol–water partition coefficient (Wildman–Crippen LogP) is 1.27. The van der Waals surface area contributed by atoms with Crippen LogP contribution < -0.4 is 0 Å². The quantitative estimate of drug-likeness (QED) is 0.755. The second-order valence-electron chi connectivity index (χ2n) is 3.88. The summed E-state index contributed by atoms with van der Waals surface area (Å²) >= 11 is 0. The number of carbonyl (C=O) groups is 1. The van der Waals surface area contributed by atoms with Crippen molar-refractivity contribution in [2.75, 3.05) is 0 Å². The molecule has 2 aromatic rings. The highest BCUT2D eigenvalue weighted by atomic mass is 16.6. The van der Waals surface area contributed by atoms with Crippen molar-refractivity contribution in [1.29, 1.82) is 0 Å². The number of carbonyl (C=O) groups excluding carboxylic acids is 1. The maximum absolute atomic E-state index is 11.6. The number of hydrogen-bond acceptors (Lipinski definition) is 7. The van der Waals surface area contributed by atoms with Gasteiger partial charge in [0.05, 0.1) is 12.1 Å². The predicted molar refractivity (Wildman–Crippen MR) is 58.5 cm³/mol. The Hall–Kier alpha value is -2.18. The molecular formula is C11H13N3O4. The molecule has 0 bridgehead atoms. The van der Waals surface area contributed by atoms with Crippen molar-refractivity contribution in [2.45, 2.75) is 33.8 Å². The maximum atomic E-state index is 11.6. The number of aromatic nitrogens is 3. The molecule has 2 heterocycles. The Labute approximate surface area is 103 Å². The molecule has 18 heavy (non-hydrogen) atoms. The van der Waals surface area contributed by atoms with Gasteiger partial charge in [0.2, 0.25) is 0 Å². The molecule has 0 radical (unpaired) electrons. The molecule has 2 aromatic heterocycles. The fourth-order valence-corrected chi connectivity index (χ4v) is 1.49. The molecule has 0 aromatic carbocycles. The summed E-state index contributed by atoms with van der Waals surface area (Å²) in [6, 6.07) is 0. The molecule has 0 atom stereocenters. The monoisotopic (exact) mass is 251 g/mol. The van der Waals surface area contributed by atoms with Crippen LogP contribution in [-0.2, 0) is 22.6 Å². The summed E-state index contributed by atoms with van der Waals surface area (Å²) in [5, 5.41) is 7.36. The standard InChI is InChI=1S/C11H13N3O4/c1-6-9(7(2)17-13-6)4-11(15)16-5-10-12-8(3)14-18-10/h4-5H2,1-3H3. The lowest BCUT2D eigenvalue weighted by atomic mass is 10.1. The van der Waals surface area contributed by atoms with E-state index in [1.807, 2.05) is 0 Å². The molecule has 0 saturated carbocycles. The van der Waals surface area contributed by atoms with E-state index in [0.29, 0.717) is 17.3 Å². The van der Waals surface area contributed by atoms with E-state index >= 15 is 0 Å². The lowest BCUT2D eigenvalue weighted by Gasteiger charge is -2.01. The van der Waals surface area contributed by atoms with Crippen LogP contribution in [0.2, 0.25) is 0 Å². The van der Waals surface area contributed by atoms with Gasteiger partial charge >= 0.3 is 5.97 Å². The van der Waals surface area contributed by atoms with Gasteiger partial charge in [0, 0.05) is 5.56 Å². The molecule has 0 aliphatic rings. The van der Waals surface area contributed by atoms with Crippen LogP contribution in [0.4, 0.5) is 0 Å². The highest BCUT2D eigenvalue weighted by molar-refractivity contribution is 5.73. The first kappa shape index (κ1) is 12.3. The Morgan fingerprint density at radius 2 is 2.00 bits per heavy atom. The minimum atomic E-state index is -0.389. The van der Waals surface area contributed by atoms with Crippen molar-refractivity contribution in [3.05, 3.63) is 28.7 Å². The van der Waals surface area contributed by atoms with Crippen LogP contribution in [0.1, 0.15) is 28.7 Å². The summed E-state index contributed by atoms with van der Waals surface area (Å²) in [4.78, 5) is 15.5. The SMILES string of the molecule is Cc1noc(COC(=O)Cc2c(C)noc2C)n1. The Balaban J connectivity index is 1.89. The molecule has 0 unspecified atom stereocenters. The molecule has 0 aliphatic heterocycles. The lowest BCUT2D eigenvalue weighted by molar-refractivity contribution is -0.144. The fourth-order valence-electron chi connectivity index (χ4n) is 1.49. The van der Waals surface area contributed by atoms with Crippen molar-refractivity contribution in [3.63, 3.8) is 0 Å². The highest BCUT2D eigenvalue weighted by Crippen LogP contribution is 2.13. The van der Waals surface area contributed by atoms with Gasteiger partial charge in [0.15, 0.2) is 12.4 Å². The van der Waals surface area contributed by atoms with E-state index in [1.54, 1.807) is 20.8 Å². The number of esters is 1. The molecule has 0 spiro atoms. The van der Waals surface area contributed by atoms with Gasteiger partial charge in [-0.2, -0.15) is 4.98 Å². The molecular weight excluding hydrogens is 238 g/mol. The van der Waals surface area contributed by atoms with Crippen LogP contribution in [0.25, 0.3) is 0 Å². The van der Waals surface area contributed by atoms with E-state index in [1.165, 1.54) is 0 Å². The minimum Gasteiger partial charge on any atom is -0.455 e. The normalized spacial score (nSPS) is 10.6. The summed E-state index contributed by atoms with van der Waals surface area (Å²) < 4.78 is 14.8. The van der Waals surface area contributed by atoms with Crippen molar-refractivity contribution in [1.82, 2.24) is 15.3 Å². The zero-order chi connectivity index (χ0) is 13.1. The third-order valence-corrected chi connectivity index (χ3v) is 2.43. The largest absolute Gasteiger partial charge is 0.455 e. The average molecular weight is 251 g/mol. The topological polar surface area (TPSA) is 91.2 Å². The molecule has 96 valence electrons. The number of aryl methyl sites for hydroxylation is 3. The molecule has 2 rings (SSSR count). The van der Waals surface area contributed by atoms with Gasteiger partial charge in [-0.1, -0.05) is 10.3 Å². The molecule has 0 saturated heterocycles. The van der Waals surface area contributed by atoms with Gasteiger partial charge in [-0.25, -0.2) is 0 Å². The summed E-state index contributed by atoms with van der Waals surface area (Å²) in [6.45, 7) is 5.20. The zero-order valence-corrected chi connectivity index (χ0v) is 10.4.